The Kier molecular flexibility index (Phi) is 6.00. The predicted octanol–water partition coefficient (Wildman–Crippen LogP) is 4.34. The van der Waals surface area contributed by atoms with Crippen LogP contribution in [0.5, 0.6) is 5.75 Å². The number of carbonyl (C=O) groups excluding carboxylic acids is 1. The molecule has 0 N–H and O–H groups in total. The number of nitrogens with zero attached hydrogens (tertiary/aromatic N) is 4. The third kappa shape index (κ3) is 4.79. The molecule has 0 aliphatic carbocycles. The fourth-order valence-electron chi connectivity index (χ4n) is 2.91. The molecule has 0 aliphatic heterocycles. The van der Waals surface area contributed by atoms with Crippen molar-refractivity contribution in [2.24, 2.45) is 12.0 Å². The van der Waals surface area contributed by atoms with Gasteiger partial charge in [-0.2, -0.15) is 10.1 Å². The Morgan fingerprint density at radius 3 is 2.62 bits per heavy atom. The van der Waals surface area contributed by atoms with Crippen LogP contribution >= 0.6 is 22.9 Å². The molecule has 0 spiro atoms. The topological polar surface area (TPSA) is 61.4 Å². The molecule has 0 radical (unpaired) electrons. The molecule has 2 aromatic heterocycles. The maximum Gasteiger partial charge on any atom is 0.283 e. The zero-order valence-electron chi connectivity index (χ0n) is 17.5. The smallest absolute Gasteiger partial charge is 0.283 e. The summed E-state index contributed by atoms with van der Waals surface area (Å²) in [4.78, 5) is 19.1. The molecule has 0 atom stereocenters. The first-order valence-electron chi connectivity index (χ1n) is 9.21. The van der Waals surface area contributed by atoms with E-state index in [2.05, 4.69) is 37.1 Å². The van der Waals surface area contributed by atoms with E-state index in [1.165, 1.54) is 18.4 Å². The van der Waals surface area contributed by atoms with E-state index in [0.717, 1.165) is 16.3 Å². The van der Waals surface area contributed by atoms with E-state index < -0.39 is 0 Å². The third-order valence-electron chi connectivity index (χ3n) is 4.48. The minimum Gasteiger partial charge on any atom is -0.496 e. The predicted molar refractivity (Wildman–Crippen MR) is 116 cm³/mol. The molecule has 2 heterocycles. The lowest BCUT2D eigenvalue weighted by atomic mass is 9.95. The molecule has 0 saturated carbocycles. The number of thiazole rings is 1. The molecule has 29 heavy (non-hydrogen) atoms. The second-order valence-corrected chi connectivity index (χ2v) is 9.36. The molecule has 3 rings (SSSR count). The Morgan fingerprint density at radius 2 is 2.03 bits per heavy atom. The highest BCUT2D eigenvalue weighted by molar-refractivity contribution is 7.09. The molecule has 3 aromatic rings. The van der Waals surface area contributed by atoms with Crippen LogP contribution in [0.3, 0.4) is 0 Å². The normalized spacial score (nSPS) is 12.4. The zero-order valence-corrected chi connectivity index (χ0v) is 19.1. The van der Waals surface area contributed by atoms with E-state index in [0.29, 0.717) is 27.7 Å². The van der Waals surface area contributed by atoms with Crippen LogP contribution in [0.1, 0.15) is 47.4 Å². The van der Waals surface area contributed by atoms with Crippen molar-refractivity contribution < 1.29 is 9.53 Å². The van der Waals surface area contributed by atoms with Gasteiger partial charge in [-0.3, -0.25) is 9.48 Å². The van der Waals surface area contributed by atoms with Crippen LogP contribution in [0.2, 0.25) is 5.02 Å². The Labute approximate surface area is 179 Å². The average Bonchev–Trinajstić information content (AvgIpc) is 3.17. The maximum absolute atomic E-state index is 13.0. The molecular weight excluding hydrogens is 408 g/mol. The van der Waals surface area contributed by atoms with Gasteiger partial charge in [0.1, 0.15) is 5.75 Å². The largest absolute Gasteiger partial charge is 0.496 e. The molecule has 1 aromatic carbocycles. The number of amides is 1. The lowest BCUT2D eigenvalue weighted by Crippen LogP contribution is -2.18. The number of aromatic nitrogens is 3. The number of benzene rings is 1. The molecule has 0 saturated heterocycles. The Morgan fingerprint density at radius 1 is 1.31 bits per heavy atom. The van der Waals surface area contributed by atoms with Gasteiger partial charge in [-0.25, -0.2) is 0 Å². The highest BCUT2D eigenvalue weighted by Crippen LogP contribution is 2.26. The van der Waals surface area contributed by atoms with E-state index in [1.54, 1.807) is 18.2 Å². The summed E-state index contributed by atoms with van der Waals surface area (Å²) in [6.45, 7) is 8.96. The van der Waals surface area contributed by atoms with Crippen molar-refractivity contribution in [3.63, 3.8) is 0 Å². The minimum atomic E-state index is -0.387. The van der Waals surface area contributed by atoms with Crippen molar-refractivity contribution in [3.8, 4) is 5.75 Å². The van der Waals surface area contributed by atoms with Crippen LogP contribution in [0.25, 0.3) is 0 Å². The number of methoxy groups -OCH3 is 1. The second-order valence-electron chi connectivity index (χ2n) is 7.92. The van der Waals surface area contributed by atoms with Crippen LogP contribution in [-0.4, -0.2) is 27.4 Å². The van der Waals surface area contributed by atoms with Crippen LogP contribution in [-0.2, 0) is 19.0 Å². The van der Waals surface area contributed by atoms with Gasteiger partial charge in [-0.1, -0.05) is 32.4 Å². The Bertz CT molecular complexity index is 1120. The lowest BCUT2D eigenvalue weighted by molar-refractivity contribution is 0.0995. The maximum atomic E-state index is 13.0. The van der Waals surface area contributed by atoms with E-state index in [9.17, 15) is 4.79 Å². The van der Waals surface area contributed by atoms with Crippen molar-refractivity contribution in [3.05, 3.63) is 62.1 Å². The molecule has 6 nitrogen and oxygen atoms in total. The summed E-state index contributed by atoms with van der Waals surface area (Å²) in [5, 5.41) is 4.87. The zero-order chi connectivity index (χ0) is 21.3. The van der Waals surface area contributed by atoms with Gasteiger partial charge >= 0.3 is 0 Å². The summed E-state index contributed by atoms with van der Waals surface area (Å²) >= 11 is 7.59. The van der Waals surface area contributed by atoms with Crippen molar-refractivity contribution in [1.29, 1.82) is 0 Å². The SMILES string of the molecule is COc1ccc(Cl)cc1C(=O)/N=c1\sc(C(C)(C)C)cn1Cc1cc(C)nn1C. The third-order valence-corrected chi connectivity index (χ3v) is 6.16. The summed E-state index contributed by atoms with van der Waals surface area (Å²) in [5.41, 5.74) is 2.27. The summed E-state index contributed by atoms with van der Waals surface area (Å²) in [5.74, 6) is 0.0613. The standard InChI is InChI=1S/C21H25ClN4O2S/c1-13-9-15(25(5)24-13)11-26-12-18(21(2,3)4)29-20(26)23-19(27)16-10-14(22)7-8-17(16)28-6/h7-10,12H,11H2,1-6H3/b23-20-. The highest BCUT2D eigenvalue weighted by Gasteiger charge is 2.19. The number of hydrogen-bond donors (Lipinski definition) is 0. The monoisotopic (exact) mass is 432 g/mol. The van der Waals surface area contributed by atoms with Crippen LogP contribution in [0.4, 0.5) is 0 Å². The summed E-state index contributed by atoms with van der Waals surface area (Å²) in [6.07, 6.45) is 2.06. The highest BCUT2D eigenvalue weighted by atomic mass is 35.5. The molecule has 8 heteroatoms. The van der Waals surface area contributed by atoms with Crippen LogP contribution in [0.15, 0.2) is 35.5 Å². The van der Waals surface area contributed by atoms with Gasteiger partial charge in [-0.15, -0.1) is 11.3 Å². The molecule has 0 aliphatic rings. The number of hydrogen-bond acceptors (Lipinski definition) is 4. The van der Waals surface area contributed by atoms with Gasteiger partial charge < -0.3 is 9.30 Å². The van der Waals surface area contributed by atoms with Crippen molar-refractivity contribution in [2.75, 3.05) is 7.11 Å². The van der Waals surface area contributed by atoms with Gasteiger partial charge in [0.25, 0.3) is 5.91 Å². The number of halogens is 1. The molecule has 0 bridgehead atoms. The molecule has 0 fully saturated rings. The summed E-state index contributed by atoms with van der Waals surface area (Å²) in [6, 6.07) is 6.98. The molecule has 154 valence electrons. The molecule has 1 amide bonds. The Hall–Kier alpha value is -2.38. The average molecular weight is 433 g/mol. The van der Waals surface area contributed by atoms with E-state index in [-0.39, 0.29) is 11.3 Å². The fourth-order valence-corrected chi connectivity index (χ4v) is 4.13. The van der Waals surface area contributed by atoms with E-state index in [1.807, 2.05) is 29.3 Å². The molecular formula is C21H25ClN4O2S. The first-order valence-corrected chi connectivity index (χ1v) is 10.4. The van der Waals surface area contributed by atoms with E-state index >= 15 is 0 Å². The van der Waals surface area contributed by atoms with Gasteiger partial charge in [0.05, 0.1) is 30.6 Å². The second kappa shape index (κ2) is 8.16. The van der Waals surface area contributed by atoms with Gasteiger partial charge in [-0.05, 0) is 36.6 Å². The van der Waals surface area contributed by atoms with Crippen LogP contribution < -0.4 is 9.54 Å². The Balaban J connectivity index is 2.10. The lowest BCUT2D eigenvalue weighted by Gasteiger charge is -2.14. The van der Waals surface area contributed by atoms with Gasteiger partial charge in [0.15, 0.2) is 4.80 Å². The first kappa shape index (κ1) is 21.3. The number of aryl methyl sites for hydroxylation is 2. The van der Waals surface area contributed by atoms with Gasteiger partial charge in [0.2, 0.25) is 0 Å². The van der Waals surface area contributed by atoms with Crippen molar-refractivity contribution in [2.45, 2.75) is 39.7 Å². The van der Waals surface area contributed by atoms with E-state index in [4.69, 9.17) is 16.3 Å². The van der Waals surface area contributed by atoms with Crippen molar-refractivity contribution in [1.82, 2.24) is 14.3 Å². The first-order chi connectivity index (χ1) is 13.6. The summed E-state index contributed by atoms with van der Waals surface area (Å²) in [7, 11) is 3.44. The number of carbonyl (C=O) groups is 1. The molecule has 0 unspecified atom stereocenters. The van der Waals surface area contributed by atoms with Crippen LogP contribution in [0, 0.1) is 6.92 Å². The summed E-state index contributed by atoms with van der Waals surface area (Å²) < 4.78 is 9.15. The van der Waals surface area contributed by atoms with Gasteiger partial charge in [0, 0.05) is 23.1 Å². The fraction of sp³-hybridized carbons (Fsp3) is 0.381. The quantitative estimate of drug-likeness (QED) is 0.616. The number of rotatable bonds is 4. The van der Waals surface area contributed by atoms with Crippen molar-refractivity contribution >= 4 is 28.8 Å². The number of ether oxygens (including phenoxy) is 1. The minimum absolute atomic E-state index is 0.0562.